The SMILES string of the molecule is CC(C)Nc1nc2cc(C#N)ccc2n1C1CNC1.Cl. The molecule has 0 unspecified atom stereocenters. The molecular weight excluding hydrogens is 274 g/mol. The van der Waals surface area contributed by atoms with Gasteiger partial charge in [0.25, 0.3) is 0 Å². The number of fused-ring (bicyclic) bond motifs is 1. The number of rotatable bonds is 3. The topological polar surface area (TPSA) is 65.7 Å². The molecule has 1 aliphatic rings. The number of nitriles is 1. The van der Waals surface area contributed by atoms with Gasteiger partial charge >= 0.3 is 0 Å². The first-order valence-corrected chi connectivity index (χ1v) is 6.58. The Balaban J connectivity index is 0.00000147. The van der Waals surface area contributed by atoms with Gasteiger partial charge in [-0.15, -0.1) is 12.4 Å². The van der Waals surface area contributed by atoms with Crippen molar-refractivity contribution in [2.24, 2.45) is 0 Å². The number of nitrogens with one attached hydrogen (secondary N) is 2. The molecule has 20 heavy (non-hydrogen) atoms. The van der Waals surface area contributed by atoms with Crippen LogP contribution < -0.4 is 10.6 Å². The van der Waals surface area contributed by atoms with Crippen molar-refractivity contribution < 1.29 is 0 Å². The standard InChI is InChI=1S/C14H17N5.ClH/c1-9(2)17-14-18-12-5-10(6-15)3-4-13(12)19(14)11-7-16-8-11;/h3-5,9,11,16H,7-8H2,1-2H3,(H,17,18);1H. The summed E-state index contributed by atoms with van der Waals surface area (Å²) in [5.74, 6) is 0.895. The molecule has 6 heteroatoms. The third-order valence-corrected chi connectivity index (χ3v) is 3.36. The minimum Gasteiger partial charge on any atom is -0.353 e. The van der Waals surface area contributed by atoms with Gasteiger partial charge in [-0.3, -0.25) is 0 Å². The van der Waals surface area contributed by atoms with E-state index in [0.717, 1.165) is 30.1 Å². The first-order chi connectivity index (χ1) is 9.19. The Morgan fingerprint density at radius 2 is 2.20 bits per heavy atom. The van der Waals surface area contributed by atoms with Crippen LogP contribution >= 0.6 is 12.4 Å². The zero-order valence-corrected chi connectivity index (χ0v) is 12.4. The van der Waals surface area contributed by atoms with E-state index in [2.05, 4.69) is 40.1 Å². The monoisotopic (exact) mass is 291 g/mol. The summed E-state index contributed by atoms with van der Waals surface area (Å²) >= 11 is 0. The number of imidazole rings is 1. The van der Waals surface area contributed by atoms with Crippen molar-refractivity contribution in [3.63, 3.8) is 0 Å². The number of hydrogen-bond donors (Lipinski definition) is 2. The van der Waals surface area contributed by atoms with Gasteiger partial charge in [-0.1, -0.05) is 0 Å². The summed E-state index contributed by atoms with van der Waals surface area (Å²) in [6, 6.07) is 8.63. The average molecular weight is 292 g/mol. The van der Waals surface area contributed by atoms with E-state index >= 15 is 0 Å². The van der Waals surface area contributed by atoms with Crippen molar-refractivity contribution in [1.82, 2.24) is 14.9 Å². The van der Waals surface area contributed by atoms with E-state index in [1.165, 1.54) is 0 Å². The second-order valence-corrected chi connectivity index (χ2v) is 5.23. The van der Waals surface area contributed by atoms with E-state index in [0.29, 0.717) is 17.6 Å². The maximum absolute atomic E-state index is 8.97. The highest BCUT2D eigenvalue weighted by atomic mass is 35.5. The number of halogens is 1. The summed E-state index contributed by atoms with van der Waals surface area (Å²) in [6.45, 7) is 6.14. The van der Waals surface area contributed by atoms with Crippen LogP contribution in [0.4, 0.5) is 5.95 Å². The molecule has 0 amide bonds. The molecule has 2 heterocycles. The molecule has 0 saturated carbocycles. The van der Waals surface area contributed by atoms with E-state index in [9.17, 15) is 0 Å². The lowest BCUT2D eigenvalue weighted by molar-refractivity contribution is 0.353. The molecule has 1 fully saturated rings. The zero-order chi connectivity index (χ0) is 13.4. The van der Waals surface area contributed by atoms with Gasteiger partial charge in [-0.2, -0.15) is 5.26 Å². The molecule has 3 rings (SSSR count). The van der Waals surface area contributed by atoms with Crippen molar-refractivity contribution in [3.8, 4) is 6.07 Å². The third-order valence-electron chi connectivity index (χ3n) is 3.36. The summed E-state index contributed by atoms with van der Waals surface area (Å²) in [7, 11) is 0. The van der Waals surface area contributed by atoms with E-state index in [4.69, 9.17) is 5.26 Å². The molecule has 5 nitrogen and oxygen atoms in total. The molecule has 0 radical (unpaired) electrons. The predicted molar refractivity (Wildman–Crippen MR) is 82.4 cm³/mol. The van der Waals surface area contributed by atoms with Crippen LogP contribution in [0.15, 0.2) is 18.2 Å². The van der Waals surface area contributed by atoms with Crippen molar-refractivity contribution in [3.05, 3.63) is 23.8 Å². The lowest BCUT2D eigenvalue weighted by Gasteiger charge is -2.30. The number of aromatic nitrogens is 2. The summed E-state index contributed by atoms with van der Waals surface area (Å²) in [6.07, 6.45) is 0. The van der Waals surface area contributed by atoms with Gasteiger partial charge in [-0.25, -0.2) is 4.98 Å². The van der Waals surface area contributed by atoms with Crippen LogP contribution in [-0.4, -0.2) is 28.7 Å². The van der Waals surface area contributed by atoms with Crippen molar-refractivity contribution >= 4 is 29.4 Å². The van der Waals surface area contributed by atoms with Gasteiger partial charge in [0.15, 0.2) is 0 Å². The quantitative estimate of drug-likeness (QED) is 0.911. The highest BCUT2D eigenvalue weighted by Gasteiger charge is 2.24. The smallest absolute Gasteiger partial charge is 0.204 e. The first kappa shape index (κ1) is 14.6. The molecule has 1 aromatic carbocycles. The second-order valence-electron chi connectivity index (χ2n) is 5.23. The van der Waals surface area contributed by atoms with E-state index in [1.54, 1.807) is 0 Å². The van der Waals surface area contributed by atoms with Crippen LogP contribution in [0.3, 0.4) is 0 Å². The van der Waals surface area contributed by atoms with E-state index in [1.807, 2.05) is 18.2 Å². The van der Waals surface area contributed by atoms with Crippen LogP contribution in [0, 0.1) is 11.3 Å². The fourth-order valence-electron chi connectivity index (χ4n) is 2.35. The Morgan fingerprint density at radius 3 is 2.75 bits per heavy atom. The van der Waals surface area contributed by atoms with Gasteiger partial charge in [0, 0.05) is 19.1 Å². The highest BCUT2D eigenvalue weighted by molar-refractivity contribution is 5.85. The summed E-state index contributed by atoms with van der Waals surface area (Å²) in [5, 5.41) is 15.7. The molecule has 2 N–H and O–H groups in total. The molecule has 1 saturated heterocycles. The second kappa shape index (κ2) is 5.70. The minimum absolute atomic E-state index is 0. The minimum atomic E-state index is 0. The van der Waals surface area contributed by atoms with Crippen LogP contribution in [-0.2, 0) is 0 Å². The number of hydrogen-bond acceptors (Lipinski definition) is 4. The lowest BCUT2D eigenvalue weighted by Crippen LogP contribution is -2.43. The highest BCUT2D eigenvalue weighted by Crippen LogP contribution is 2.27. The average Bonchev–Trinajstić information content (AvgIpc) is 2.64. The van der Waals surface area contributed by atoms with Crippen LogP contribution in [0.2, 0.25) is 0 Å². The Labute approximate surface area is 124 Å². The fraction of sp³-hybridized carbons (Fsp3) is 0.429. The Morgan fingerprint density at radius 1 is 1.45 bits per heavy atom. The van der Waals surface area contributed by atoms with Crippen LogP contribution in [0.25, 0.3) is 11.0 Å². The van der Waals surface area contributed by atoms with Crippen molar-refractivity contribution in [2.75, 3.05) is 18.4 Å². The fourth-order valence-corrected chi connectivity index (χ4v) is 2.35. The first-order valence-electron chi connectivity index (χ1n) is 6.58. The van der Waals surface area contributed by atoms with E-state index in [-0.39, 0.29) is 12.4 Å². The van der Waals surface area contributed by atoms with Gasteiger partial charge in [0.1, 0.15) is 0 Å². The van der Waals surface area contributed by atoms with Crippen LogP contribution in [0.1, 0.15) is 25.5 Å². The van der Waals surface area contributed by atoms with Gasteiger partial charge in [0.2, 0.25) is 5.95 Å². The number of benzene rings is 1. The maximum atomic E-state index is 8.97. The molecule has 106 valence electrons. The molecule has 0 spiro atoms. The van der Waals surface area contributed by atoms with Crippen molar-refractivity contribution in [1.29, 1.82) is 5.26 Å². The maximum Gasteiger partial charge on any atom is 0.204 e. The Hall–Kier alpha value is -1.77. The Kier molecular flexibility index (Phi) is 4.17. The van der Waals surface area contributed by atoms with E-state index < -0.39 is 0 Å². The number of nitrogens with zero attached hydrogens (tertiary/aromatic N) is 3. The molecule has 2 aromatic rings. The summed E-state index contributed by atoms with van der Waals surface area (Å²) in [4.78, 5) is 4.64. The summed E-state index contributed by atoms with van der Waals surface area (Å²) < 4.78 is 2.24. The normalized spacial score (nSPS) is 14.7. The third kappa shape index (κ3) is 2.45. The molecule has 0 aliphatic carbocycles. The molecule has 0 bridgehead atoms. The summed E-state index contributed by atoms with van der Waals surface area (Å²) in [5.41, 5.74) is 2.63. The van der Waals surface area contributed by atoms with Gasteiger partial charge < -0.3 is 15.2 Å². The largest absolute Gasteiger partial charge is 0.353 e. The zero-order valence-electron chi connectivity index (χ0n) is 11.6. The molecular formula is C14H18ClN5. The molecule has 1 aliphatic heterocycles. The van der Waals surface area contributed by atoms with Crippen LogP contribution in [0.5, 0.6) is 0 Å². The van der Waals surface area contributed by atoms with Crippen molar-refractivity contribution in [2.45, 2.75) is 25.9 Å². The molecule has 0 atom stereocenters. The number of anilines is 1. The lowest BCUT2D eigenvalue weighted by atomic mass is 10.1. The Bertz CT molecular complexity index is 651. The van der Waals surface area contributed by atoms with Gasteiger partial charge in [-0.05, 0) is 32.0 Å². The van der Waals surface area contributed by atoms with Gasteiger partial charge in [0.05, 0.1) is 28.7 Å². The molecule has 1 aromatic heterocycles. The predicted octanol–water partition coefficient (Wildman–Crippen LogP) is 2.29.